The van der Waals surface area contributed by atoms with Crippen LogP contribution >= 0.6 is 23.7 Å². The van der Waals surface area contributed by atoms with Crippen LogP contribution in [0.2, 0.25) is 0 Å². The van der Waals surface area contributed by atoms with Gasteiger partial charge in [-0.25, -0.2) is 17.5 Å². The maximum absolute atomic E-state index is 14.6. The van der Waals surface area contributed by atoms with Crippen molar-refractivity contribution >= 4 is 56.3 Å². The Morgan fingerprint density at radius 1 is 1.18 bits per heavy atom. The number of carbonyl (C=O) groups excluding carboxylic acids is 1. The van der Waals surface area contributed by atoms with Crippen molar-refractivity contribution in [3.8, 4) is 22.1 Å². The zero-order valence-electron chi connectivity index (χ0n) is 21.2. The van der Waals surface area contributed by atoms with Gasteiger partial charge < -0.3 is 19.4 Å². The molecule has 3 aromatic heterocycles. The second kappa shape index (κ2) is 12.0. The van der Waals surface area contributed by atoms with Crippen molar-refractivity contribution in [1.82, 2.24) is 14.3 Å². The number of thiophene rings is 1. The zero-order chi connectivity index (χ0) is 26.7. The average Bonchev–Trinajstić information content (AvgIpc) is 3.41. The second-order valence-electron chi connectivity index (χ2n) is 8.25. The van der Waals surface area contributed by atoms with E-state index in [4.69, 9.17) is 9.47 Å². The Labute approximate surface area is 230 Å². The molecule has 0 aliphatic heterocycles. The van der Waals surface area contributed by atoms with Gasteiger partial charge in [0.05, 0.1) is 36.1 Å². The molecule has 0 saturated carbocycles. The second-order valence-corrected chi connectivity index (χ2v) is 11.0. The van der Waals surface area contributed by atoms with Gasteiger partial charge in [-0.3, -0.25) is 9.78 Å². The van der Waals surface area contributed by atoms with E-state index in [1.165, 1.54) is 6.07 Å². The molecule has 4 aromatic rings. The number of amides is 1. The van der Waals surface area contributed by atoms with Gasteiger partial charge in [-0.05, 0) is 44.2 Å². The lowest BCUT2D eigenvalue weighted by molar-refractivity contribution is 0.0982. The van der Waals surface area contributed by atoms with Crippen molar-refractivity contribution < 1.29 is 27.1 Å². The molecule has 0 aliphatic rings. The van der Waals surface area contributed by atoms with E-state index in [9.17, 15) is 17.6 Å². The number of nitrogens with zero attached hydrogens (tertiary/aromatic N) is 2. The Hall–Kier alpha value is -3.35. The summed E-state index contributed by atoms with van der Waals surface area (Å²) in [5.74, 6) is -0.156. The molecule has 9 nitrogen and oxygen atoms in total. The summed E-state index contributed by atoms with van der Waals surface area (Å²) in [5.41, 5.74) is 2.78. The molecule has 2 N–H and O–H groups in total. The fraction of sp³-hybridized carbons (Fsp3) is 0.280. The molecular weight excluding hydrogens is 555 g/mol. The number of rotatable bonds is 10. The van der Waals surface area contributed by atoms with E-state index >= 15 is 0 Å². The minimum Gasteiger partial charge on any atom is -0.496 e. The number of methoxy groups -OCH3 is 1. The lowest BCUT2D eigenvalue weighted by Gasteiger charge is -2.12. The van der Waals surface area contributed by atoms with Crippen LogP contribution in [0.1, 0.15) is 22.3 Å². The van der Waals surface area contributed by atoms with Gasteiger partial charge >= 0.3 is 0 Å². The van der Waals surface area contributed by atoms with Gasteiger partial charge in [0, 0.05) is 42.1 Å². The van der Waals surface area contributed by atoms with Gasteiger partial charge in [0.25, 0.3) is 5.91 Å². The molecule has 0 aliphatic carbocycles. The predicted molar refractivity (Wildman–Crippen MR) is 150 cm³/mol. The van der Waals surface area contributed by atoms with Gasteiger partial charge in [0.15, 0.2) is 0 Å². The van der Waals surface area contributed by atoms with Gasteiger partial charge in [-0.1, -0.05) is 0 Å². The minimum absolute atomic E-state index is 0. The third-order valence-electron chi connectivity index (χ3n) is 5.56. The largest absolute Gasteiger partial charge is 0.496 e. The van der Waals surface area contributed by atoms with Crippen LogP contribution in [0, 0.1) is 12.7 Å². The van der Waals surface area contributed by atoms with Crippen LogP contribution in [0.25, 0.3) is 21.5 Å². The van der Waals surface area contributed by atoms with Crippen LogP contribution in [0.15, 0.2) is 42.6 Å². The fourth-order valence-electron chi connectivity index (χ4n) is 4.03. The molecule has 13 heteroatoms. The number of hydrogen-bond acceptors (Lipinski definition) is 8. The molecule has 0 unspecified atom stereocenters. The van der Waals surface area contributed by atoms with E-state index in [1.54, 1.807) is 32.4 Å². The Bertz CT molecular complexity index is 1570. The lowest BCUT2D eigenvalue weighted by atomic mass is 10.2. The summed E-state index contributed by atoms with van der Waals surface area (Å²) in [5, 5.41) is 4.06. The van der Waals surface area contributed by atoms with E-state index in [1.807, 2.05) is 34.4 Å². The normalized spacial score (nSPS) is 11.2. The quantitative estimate of drug-likeness (QED) is 0.275. The Morgan fingerprint density at radius 2 is 1.95 bits per heavy atom. The number of pyridine rings is 1. The number of aromatic nitrogens is 2. The first-order chi connectivity index (χ1) is 17.6. The summed E-state index contributed by atoms with van der Waals surface area (Å²) in [6, 6.07) is 10.2. The van der Waals surface area contributed by atoms with Gasteiger partial charge in [0.1, 0.15) is 22.2 Å². The summed E-state index contributed by atoms with van der Waals surface area (Å²) in [7, 11) is -2.16. The maximum atomic E-state index is 14.6. The van der Waals surface area contributed by atoms with E-state index in [0.29, 0.717) is 41.5 Å². The van der Waals surface area contributed by atoms with Crippen LogP contribution in [0.5, 0.6) is 11.5 Å². The highest BCUT2D eigenvalue weighted by atomic mass is 35.5. The number of sulfonamides is 1. The summed E-state index contributed by atoms with van der Waals surface area (Å²) in [6.07, 6.45) is 2.55. The van der Waals surface area contributed by atoms with E-state index < -0.39 is 15.9 Å². The molecular formula is C25H28ClFN4O5S2. The number of carbonyl (C=O) groups is 1. The number of hydrogen-bond donors (Lipinski definition) is 2. The summed E-state index contributed by atoms with van der Waals surface area (Å²) in [6.45, 7) is 5.04. The van der Waals surface area contributed by atoms with Gasteiger partial charge in [-0.15, -0.1) is 23.7 Å². The smallest absolute Gasteiger partial charge is 0.278 e. The fourth-order valence-corrected chi connectivity index (χ4v) is 5.50. The highest BCUT2D eigenvalue weighted by molar-refractivity contribution is 7.89. The monoisotopic (exact) mass is 582 g/mol. The molecule has 204 valence electrons. The molecule has 0 radical (unpaired) electrons. The van der Waals surface area contributed by atoms with Crippen molar-refractivity contribution in [2.45, 2.75) is 20.4 Å². The lowest BCUT2D eigenvalue weighted by Crippen LogP contribution is -2.28. The van der Waals surface area contributed by atoms with Gasteiger partial charge in [0.2, 0.25) is 10.0 Å². The predicted octanol–water partition coefficient (Wildman–Crippen LogP) is 4.84. The third kappa shape index (κ3) is 6.37. The Kier molecular flexibility index (Phi) is 9.23. The van der Waals surface area contributed by atoms with Crippen molar-refractivity contribution in [3.05, 3.63) is 59.0 Å². The van der Waals surface area contributed by atoms with Crippen molar-refractivity contribution in [2.75, 3.05) is 31.8 Å². The van der Waals surface area contributed by atoms with Crippen molar-refractivity contribution in [3.63, 3.8) is 0 Å². The summed E-state index contributed by atoms with van der Waals surface area (Å²) < 4.78 is 52.5. The van der Waals surface area contributed by atoms with Crippen LogP contribution in [0.4, 0.5) is 10.1 Å². The number of anilines is 1. The third-order valence-corrected chi connectivity index (χ3v) is 7.25. The molecule has 1 amide bonds. The molecule has 0 saturated heterocycles. The number of aryl methyl sites for hydroxylation is 1. The number of nitrogens with one attached hydrogen (secondary N) is 2. The maximum Gasteiger partial charge on any atom is 0.278 e. The number of ether oxygens (including phenoxy) is 2. The van der Waals surface area contributed by atoms with E-state index in [-0.39, 0.29) is 28.9 Å². The van der Waals surface area contributed by atoms with Crippen LogP contribution in [-0.2, 0) is 16.6 Å². The Morgan fingerprint density at radius 3 is 2.63 bits per heavy atom. The van der Waals surface area contributed by atoms with Crippen LogP contribution in [0.3, 0.4) is 0 Å². The van der Waals surface area contributed by atoms with E-state index in [0.717, 1.165) is 34.4 Å². The Balaban J connectivity index is 0.00000400. The molecule has 4 rings (SSSR count). The summed E-state index contributed by atoms with van der Waals surface area (Å²) >= 11 is 1.09. The molecule has 0 fully saturated rings. The SMILES string of the molecule is CCOc1cc(-c2cc(NCCn3c(C)cc4c(OC)ccc(F)c43)ccn2)sc1C(=O)NS(C)(=O)=O.Cl. The topological polar surface area (TPSA) is 112 Å². The van der Waals surface area contributed by atoms with Crippen molar-refractivity contribution in [2.24, 2.45) is 0 Å². The zero-order valence-corrected chi connectivity index (χ0v) is 23.7. The van der Waals surface area contributed by atoms with Gasteiger partial charge in [-0.2, -0.15) is 0 Å². The molecule has 3 heterocycles. The molecule has 1 aromatic carbocycles. The summed E-state index contributed by atoms with van der Waals surface area (Å²) in [4.78, 5) is 17.7. The first-order valence-corrected chi connectivity index (χ1v) is 14.1. The molecule has 0 spiro atoms. The minimum atomic E-state index is -3.72. The number of halogens is 2. The number of fused-ring (bicyclic) bond motifs is 1. The first kappa shape index (κ1) is 29.2. The first-order valence-electron chi connectivity index (χ1n) is 11.4. The molecule has 0 atom stereocenters. The van der Waals surface area contributed by atoms with E-state index in [2.05, 4.69) is 10.3 Å². The van der Waals surface area contributed by atoms with Crippen LogP contribution in [-0.4, -0.2) is 50.4 Å². The highest BCUT2D eigenvalue weighted by Crippen LogP contribution is 2.36. The number of benzene rings is 1. The molecule has 0 bridgehead atoms. The average molecular weight is 583 g/mol. The van der Waals surface area contributed by atoms with Crippen LogP contribution < -0.4 is 19.5 Å². The standard InChI is InChI=1S/C25H27FN4O5S2.ClH/c1-5-35-21-14-22(36-24(21)25(31)29-37(4,32)33)19-13-16(8-9-28-19)27-10-11-30-15(2)12-17-20(34-3)7-6-18(26)23(17)30;/h6-9,12-14H,5,10-11H2,1-4H3,(H,27,28)(H,29,31);1H. The van der Waals surface area contributed by atoms with Crippen molar-refractivity contribution in [1.29, 1.82) is 0 Å². The highest BCUT2D eigenvalue weighted by Gasteiger charge is 2.21. The molecule has 38 heavy (non-hydrogen) atoms.